The SMILES string of the molecule is Cl.NCC1CCCC1NC(=O)C1CC1c1ccc2ccccc2c1. The van der Waals surface area contributed by atoms with Crippen LogP contribution in [-0.2, 0) is 4.79 Å². The summed E-state index contributed by atoms with van der Waals surface area (Å²) in [5.74, 6) is 1.23. The number of hydrogen-bond donors (Lipinski definition) is 2. The van der Waals surface area contributed by atoms with Crippen LogP contribution in [0.15, 0.2) is 42.5 Å². The van der Waals surface area contributed by atoms with E-state index >= 15 is 0 Å². The number of rotatable bonds is 4. The van der Waals surface area contributed by atoms with Crippen molar-refractivity contribution in [1.29, 1.82) is 0 Å². The van der Waals surface area contributed by atoms with Crippen LogP contribution >= 0.6 is 12.4 Å². The predicted molar refractivity (Wildman–Crippen MR) is 100 cm³/mol. The zero-order valence-electron chi connectivity index (χ0n) is 13.8. The Morgan fingerprint density at radius 3 is 2.71 bits per heavy atom. The average molecular weight is 345 g/mol. The van der Waals surface area contributed by atoms with Crippen molar-refractivity contribution in [2.75, 3.05) is 6.54 Å². The lowest BCUT2D eigenvalue weighted by Gasteiger charge is -2.19. The van der Waals surface area contributed by atoms with Gasteiger partial charge in [0.15, 0.2) is 0 Å². The van der Waals surface area contributed by atoms with E-state index in [9.17, 15) is 4.79 Å². The van der Waals surface area contributed by atoms with Gasteiger partial charge >= 0.3 is 0 Å². The van der Waals surface area contributed by atoms with E-state index < -0.39 is 0 Å². The van der Waals surface area contributed by atoms with Gasteiger partial charge in [-0.25, -0.2) is 0 Å². The zero-order chi connectivity index (χ0) is 15.8. The average Bonchev–Trinajstić information content (AvgIpc) is 3.27. The van der Waals surface area contributed by atoms with E-state index in [1.54, 1.807) is 0 Å². The Balaban J connectivity index is 0.00000169. The molecule has 0 radical (unpaired) electrons. The third-order valence-electron chi connectivity index (χ3n) is 5.62. The number of nitrogens with one attached hydrogen (secondary N) is 1. The maximum atomic E-state index is 12.5. The molecule has 2 aliphatic rings. The summed E-state index contributed by atoms with van der Waals surface area (Å²) in [5, 5.41) is 5.78. The molecule has 3 N–H and O–H groups in total. The smallest absolute Gasteiger partial charge is 0.223 e. The largest absolute Gasteiger partial charge is 0.353 e. The fraction of sp³-hybridized carbons (Fsp3) is 0.450. The molecule has 2 fully saturated rings. The number of halogens is 1. The molecule has 4 heteroatoms. The van der Waals surface area contributed by atoms with E-state index in [1.807, 2.05) is 0 Å². The minimum absolute atomic E-state index is 0. The lowest BCUT2D eigenvalue weighted by Crippen LogP contribution is -2.40. The second kappa shape index (κ2) is 7.12. The Kier molecular flexibility index (Phi) is 5.12. The summed E-state index contributed by atoms with van der Waals surface area (Å²) in [6.45, 7) is 0.684. The van der Waals surface area contributed by atoms with Crippen LogP contribution in [-0.4, -0.2) is 18.5 Å². The van der Waals surface area contributed by atoms with Gasteiger partial charge in [-0.2, -0.15) is 0 Å². The third kappa shape index (κ3) is 3.28. The van der Waals surface area contributed by atoms with Gasteiger partial charge in [-0.15, -0.1) is 12.4 Å². The fourth-order valence-electron chi connectivity index (χ4n) is 4.09. The maximum Gasteiger partial charge on any atom is 0.223 e. The van der Waals surface area contributed by atoms with Gasteiger partial charge in [-0.3, -0.25) is 4.79 Å². The van der Waals surface area contributed by atoms with Gasteiger partial charge in [-0.1, -0.05) is 48.9 Å². The molecule has 128 valence electrons. The number of carbonyl (C=O) groups is 1. The summed E-state index contributed by atoms with van der Waals surface area (Å²) in [5.41, 5.74) is 7.11. The molecule has 1 amide bonds. The minimum atomic E-state index is 0. The molecule has 0 aromatic heterocycles. The highest BCUT2D eigenvalue weighted by Gasteiger charge is 2.45. The second-order valence-electron chi connectivity index (χ2n) is 7.10. The molecule has 2 saturated carbocycles. The molecular weight excluding hydrogens is 320 g/mol. The first kappa shape index (κ1) is 17.2. The van der Waals surface area contributed by atoms with E-state index in [0.29, 0.717) is 24.4 Å². The van der Waals surface area contributed by atoms with E-state index in [1.165, 1.54) is 22.8 Å². The number of carbonyl (C=O) groups excluding carboxylic acids is 1. The van der Waals surface area contributed by atoms with Crippen molar-refractivity contribution in [3.63, 3.8) is 0 Å². The third-order valence-corrected chi connectivity index (χ3v) is 5.62. The second-order valence-corrected chi connectivity index (χ2v) is 7.10. The van der Waals surface area contributed by atoms with Crippen LogP contribution in [0.25, 0.3) is 10.8 Å². The fourth-order valence-corrected chi connectivity index (χ4v) is 4.09. The maximum absolute atomic E-state index is 12.5. The van der Waals surface area contributed by atoms with Crippen molar-refractivity contribution in [3.8, 4) is 0 Å². The highest BCUT2D eigenvalue weighted by atomic mass is 35.5. The number of benzene rings is 2. The Labute approximate surface area is 149 Å². The monoisotopic (exact) mass is 344 g/mol. The summed E-state index contributed by atoms with van der Waals surface area (Å²) in [6.07, 6.45) is 4.40. The van der Waals surface area contributed by atoms with E-state index in [2.05, 4.69) is 47.8 Å². The van der Waals surface area contributed by atoms with Gasteiger partial charge in [-0.05, 0) is 54.0 Å². The van der Waals surface area contributed by atoms with Gasteiger partial charge in [0.05, 0.1) is 0 Å². The van der Waals surface area contributed by atoms with Crippen LogP contribution in [0.4, 0.5) is 0 Å². The molecular formula is C20H25ClN2O. The highest BCUT2D eigenvalue weighted by molar-refractivity contribution is 5.86. The van der Waals surface area contributed by atoms with Crippen LogP contribution in [0, 0.1) is 11.8 Å². The molecule has 0 saturated heterocycles. The van der Waals surface area contributed by atoms with Crippen LogP contribution in [0.1, 0.15) is 37.2 Å². The molecule has 2 aromatic rings. The lowest BCUT2D eigenvalue weighted by molar-refractivity contribution is -0.123. The normalized spacial score (nSPS) is 28.4. The molecule has 3 nitrogen and oxygen atoms in total. The lowest BCUT2D eigenvalue weighted by atomic mass is 10.0. The molecule has 0 spiro atoms. The summed E-state index contributed by atoms with van der Waals surface area (Å²) >= 11 is 0. The predicted octanol–water partition coefficient (Wildman–Crippen LogP) is 3.61. The molecule has 4 unspecified atom stereocenters. The van der Waals surface area contributed by atoms with Gasteiger partial charge in [0.25, 0.3) is 0 Å². The molecule has 2 aliphatic carbocycles. The van der Waals surface area contributed by atoms with Crippen LogP contribution in [0.5, 0.6) is 0 Å². The van der Waals surface area contributed by atoms with E-state index in [0.717, 1.165) is 19.3 Å². The minimum Gasteiger partial charge on any atom is -0.353 e. The zero-order valence-corrected chi connectivity index (χ0v) is 14.6. The van der Waals surface area contributed by atoms with Gasteiger partial charge < -0.3 is 11.1 Å². The van der Waals surface area contributed by atoms with Gasteiger partial charge in [0.1, 0.15) is 0 Å². The number of fused-ring (bicyclic) bond motifs is 1. The molecule has 4 rings (SSSR count). The summed E-state index contributed by atoms with van der Waals surface area (Å²) in [7, 11) is 0. The topological polar surface area (TPSA) is 55.1 Å². The molecule has 0 heterocycles. The van der Waals surface area contributed by atoms with Crippen LogP contribution < -0.4 is 11.1 Å². The number of nitrogens with two attached hydrogens (primary N) is 1. The van der Waals surface area contributed by atoms with Crippen molar-refractivity contribution in [2.24, 2.45) is 17.6 Å². The standard InChI is InChI=1S/C20H24N2O.ClH/c21-12-16-6-3-7-19(16)22-20(23)18-11-17(18)15-9-8-13-4-1-2-5-14(13)10-15;/h1-2,4-5,8-10,16-19H,3,6-7,11-12,21H2,(H,22,23);1H. The Hall–Kier alpha value is -1.58. The van der Waals surface area contributed by atoms with Crippen LogP contribution in [0.2, 0.25) is 0 Å². The van der Waals surface area contributed by atoms with Gasteiger partial charge in [0.2, 0.25) is 5.91 Å². The van der Waals surface area contributed by atoms with E-state index in [4.69, 9.17) is 5.73 Å². The molecule has 24 heavy (non-hydrogen) atoms. The summed E-state index contributed by atoms with van der Waals surface area (Å²) < 4.78 is 0. The Bertz CT molecular complexity index is 732. The molecule has 0 aliphatic heterocycles. The quantitative estimate of drug-likeness (QED) is 0.890. The summed E-state index contributed by atoms with van der Waals surface area (Å²) in [6, 6.07) is 15.3. The molecule has 2 aromatic carbocycles. The number of hydrogen-bond acceptors (Lipinski definition) is 2. The van der Waals surface area contributed by atoms with Crippen molar-refractivity contribution in [3.05, 3.63) is 48.0 Å². The van der Waals surface area contributed by atoms with Crippen molar-refractivity contribution in [2.45, 2.75) is 37.6 Å². The van der Waals surface area contributed by atoms with E-state index in [-0.39, 0.29) is 24.2 Å². The van der Waals surface area contributed by atoms with Crippen molar-refractivity contribution < 1.29 is 4.79 Å². The Morgan fingerprint density at radius 1 is 1.12 bits per heavy atom. The highest BCUT2D eigenvalue weighted by Crippen LogP contribution is 2.48. The Morgan fingerprint density at radius 2 is 1.92 bits per heavy atom. The first-order valence-electron chi connectivity index (χ1n) is 8.75. The first-order chi connectivity index (χ1) is 11.3. The van der Waals surface area contributed by atoms with Gasteiger partial charge in [0, 0.05) is 12.0 Å². The number of amides is 1. The molecule has 0 bridgehead atoms. The van der Waals surface area contributed by atoms with Crippen LogP contribution in [0.3, 0.4) is 0 Å². The van der Waals surface area contributed by atoms with Crippen molar-refractivity contribution >= 4 is 29.1 Å². The molecule has 4 atom stereocenters. The van der Waals surface area contributed by atoms with Crippen molar-refractivity contribution in [1.82, 2.24) is 5.32 Å². The summed E-state index contributed by atoms with van der Waals surface area (Å²) in [4.78, 5) is 12.5. The first-order valence-corrected chi connectivity index (χ1v) is 8.75.